The molecule has 1 aliphatic carbocycles. The Bertz CT molecular complexity index is 238. The first kappa shape index (κ1) is 11.9. The van der Waals surface area contributed by atoms with Gasteiger partial charge in [-0.2, -0.15) is 0 Å². The third-order valence-corrected chi connectivity index (χ3v) is 3.79. The fourth-order valence-electron chi connectivity index (χ4n) is 2.55. The van der Waals surface area contributed by atoms with Gasteiger partial charge in [0, 0.05) is 18.6 Å². The van der Waals surface area contributed by atoms with Crippen LogP contribution in [0, 0.1) is 0 Å². The molecular weight excluding hydrogens is 200 g/mol. The topological polar surface area (TPSA) is 32.3 Å². The number of nitrogens with zero attached hydrogens (tertiary/aromatic N) is 1. The number of carbonyl (C=O) groups is 1. The number of likely N-dealkylation sites (tertiary alicyclic amines) is 1. The summed E-state index contributed by atoms with van der Waals surface area (Å²) in [6, 6.07) is 1.13. The van der Waals surface area contributed by atoms with Crippen molar-refractivity contribution >= 4 is 5.91 Å². The molecule has 1 amide bonds. The van der Waals surface area contributed by atoms with Crippen molar-refractivity contribution in [3.63, 3.8) is 0 Å². The lowest BCUT2D eigenvalue weighted by molar-refractivity contribution is -0.132. The molecular formula is C13H24N2O. The molecule has 3 heteroatoms. The molecule has 0 bridgehead atoms. The highest BCUT2D eigenvalue weighted by atomic mass is 16.2. The zero-order chi connectivity index (χ0) is 11.4. The van der Waals surface area contributed by atoms with Crippen LogP contribution in [0.4, 0.5) is 0 Å². The van der Waals surface area contributed by atoms with Crippen molar-refractivity contribution in [1.29, 1.82) is 0 Å². The quantitative estimate of drug-likeness (QED) is 0.791. The van der Waals surface area contributed by atoms with Crippen LogP contribution in [0.2, 0.25) is 0 Å². The molecule has 2 rings (SSSR count). The van der Waals surface area contributed by atoms with E-state index in [4.69, 9.17) is 0 Å². The fraction of sp³-hybridized carbons (Fsp3) is 0.923. The summed E-state index contributed by atoms with van der Waals surface area (Å²) in [5, 5.41) is 3.33. The molecule has 0 spiro atoms. The number of amides is 1. The van der Waals surface area contributed by atoms with Crippen molar-refractivity contribution in [2.45, 2.75) is 64.0 Å². The van der Waals surface area contributed by atoms with Crippen LogP contribution in [0.1, 0.15) is 51.9 Å². The second kappa shape index (κ2) is 5.67. The molecule has 1 saturated carbocycles. The molecule has 92 valence electrons. The second-order valence-electron chi connectivity index (χ2n) is 5.15. The third kappa shape index (κ3) is 3.21. The molecule has 1 heterocycles. The van der Waals surface area contributed by atoms with Crippen LogP contribution in [0.3, 0.4) is 0 Å². The van der Waals surface area contributed by atoms with Gasteiger partial charge >= 0.3 is 0 Å². The van der Waals surface area contributed by atoms with Crippen molar-refractivity contribution in [1.82, 2.24) is 10.2 Å². The molecule has 1 unspecified atom stereocenters. The number of rotatable bonds is 4. The molecule has 1 N–H and O–H groups in total. The van der Waals surface area contributed by atoms with E-state index in [1.165, 1.54) is 38.5 Å². The van der Waals surface area contributed by atoms with Crippen molar-refractivity contribution in [2.75, 3.05) is 13.1 Å². The fourth-order valence-corrected chi connectivity index (χ4v) is 2.55. The van der Waals surface area contributed by atoms with Gasteiger partial charge in [0.25, 0.3) is 0 Å². The largest absolute Gasteiger partial charge is 0.339 e. The van der Waals surface area contributed by atoms with E-state index in [0.29, 0.717) is 24.5 Å². The molecule has 1 atom stereocenters. The summed E-state index contributed by atoms with van der Waals surface area (Å²) in [7, 11) is 0. The molecule has 2 fully saturated rings. The van der Waals surface area contributed by atoms with E-state index in [1.807, 2.05) is 0 Å². The average molecular weight is 224 g/mol. The minimum absolute atomic E-state index is 0.320. The van der Waals surface area contributed by atoms with Gasteiger partial charge in [0.1, 0.15) is 0 Å². The highest BCUT2D eigenvalue weighted by molar-refractivity contribution is 5.78. The maximum Gasteiger partial charge on any atom is 0.236 e. The lowest BCUT2D eigenvalue weighted by Gasteiger charge is -2.29. The molecule has 0 radical (unpaired) electrons. The van der Waals surface area contributed by atoms with E-state index < -0.39 is 0 Å². The van der Waals surface area contributed by atoms with Gasteiger partial charge in [-0.3, -0.25) is 4.79 Å². The molecule has 1 aliphatic heterocycles. The van der Waals surface area contributed by atoms with Crippen molar-refractivity contribution < 1.29 is 4.79 Å². The first-order chi connectivity index (χ1) is 7.81. The molecule has 1 saturated heterocycles. The smallest absolute Gasteiger partial charge is 0.236 e. The van der Waals surface area contributed by atoms with Gasteiger partial charge in [0.05, 0.1) is 6.54 Å². The van der Waals surface area contributed by atoms with E-state index >= 15 is 0 Å². The second-order valence-corrected chi connectivity index (χ2v) is 5.15. The van der Waals surface area contributed by atoms with Crippen LogP contribution in [0.25, 0.3) is 0 Å². The molecule has 16 heavy (non-hydrogen) atoms. The first-order valence-electron chi connectivity index (χ1n) is 6.84. The van der Waals surface area contributed by atoms with Crippen LogP contribution in [-0.4, -0.2) is 36.0 Å². The minimum Gasteiger partial charge on any atom is -0.339 e. The van der Waals surface area contributed by atoms with Crippen LogP contribution in [0.5, 0.6) is 0 Å². The first-order valence-corrected chi connectivity index (χ1v) is 6.84. The van der Waals surface area contributed by atoms with Crippen molar-refractivity contribution in [2.24, 2.45) is 0 Å². The highest BCUT2D eigenvalue weighted by Gasteiger charge is 2.26. The zero-order valence-electron chi connectivity index (χ0n) is 10.4. The van der Waals surface area contributed by atoms with Gasteiger partial charge in [-0.15, -0.1) is 0 Å². The monoisotopic (exact) mass is 224 g/mol. The zero-order valence-corrected chi connectivity index (χ0v) is 10.4. The van der Waals surface area contributed by atoms with E-state index in [1.54, 1.807) is 0 Å². The Balaban J connectivity index is 1.84. The summed E-state index contributed by atoms with van der Waals surface area (Å²) in [4.78, 5) is 14.2. The van der Waals surface area contributed by atoms with Crippen molar-refractivity contribution in [3.05, 3.63) is 0 Å². The minimum atomic E-state index is 0.320. The predicted octanol–water partition coefficient (Wildman–Crippen LogP) is 1.92. The Morgan fingerprint density at radius 1 is 1.25 bits per heavy atom. The van der Waals surface area contributed by atoms with E-state index in [9.17, 15) is 4.79 Å². The standard InChI is InChI=1S/C13H24N2O/c1-2-12-6-4-3-5-9-15(12)13(16)10-14-11-7-8-11/h11-12,14H,2-10H2,1H3. The number of nitrogens with one attached hydrogen (secondary N) is 1. The normalized spacial score (nSPS) is 26.6. The predicted molar refractivity (Wildman–Crippen MR) is 65.3 cm³/mol. The van der Waals surface area contributed by atoms with Crippen LogP contribution < -0.4 is 5.32 Å². The van der Waals surface area contributed by atoms with Gasteiger partial charge in [-0.25, -0.2) is 0 Å². The Morgan fingerprint density at radius 2 is 2.06 bits per heavy atom. The Hall–Kier alpha value is -0.570. The van der Waals surface area contributed by atoms with E-state index in [0.717, 1.165) is 13.0 Å². The Labute approximate surface area is 98.6 Å². The summed E-state index contributed by atoms with van der Waals surface area (Å²) in [5.74, 6) is 0.320. The van der Waals surface area contributed by atoms with Gasteiger partial charge in [0.2, 0.25) is 5.91 Å². The van der Waals surface area contributed by atoms with Crippen LogP contribution in [0.15, 0.2) is 0 Å². The number of hydrogen-bond acceptors (Lipinski definition) is 2. The Kier molecular flexibility index (Phi) is 4.22. The lowest BCUT2D eigenvalue weighted by atomic mass is 10.1. The summed E-state index contributed by atoms with van der Waals surface area (Å²) in [5.41, 5.74) is 0. The SMILES string of the molecule is CCC1CCCCCN1C(=O)CNC1CC1. The van der Waals surface area contributed by atoms with Crippen LogP contribution in [-0.2, 0) is 4.79 Å². The maximum absolute atomic E-state index is 12.1. The van der Waals surface area contributed by atoms with Gasteiger partial charge < -0.3 is 10.2 Å². The lowest BCUT2D eigenvalue weighted by Crippen LogP contribution is -2.44. The molecule has 0 aromatic heterocycles. The summed E-state index contributed by atoms with van der Waals surface area (Å²) < 4.78 is 0. The highest BCUT2D eigenvalue weighted by Crippen LogP contribution is 2.20. The maximum atomic E-state index is 12.1. The third-order valence-electron chi connectivity index (χ3n) is 3.79. The van der Waals surface area contributed by atoms with Crippen LogP contribution >= 0.6 is 0 Å². The molecule has 0 aromatic carbocycles. The van der Waals surface area contributed by atoms with Crippen molar-refractivity contribution in [3.8, 4) is 0 Å². The molecule has 2 aliphatic rings. The van der Waals surface area contributed by atoms with Gasteiger partial charge in [0.15, 0.2) is 0 Å². The van der Waals surface area contributed by atoms with Gasteiger partial charge in [-0.1, -0.05) is 19.8 Å². The summed E-state index contributed by atoms with van der Waals surface area (Å²) >= 11 is 0. The van der Waals surface area contributed by atoms with E-state index in [2.05, 4.69) is 17.1 Å². The summed E-state index contributed by atoms with van der Waals surface area (Å²) in [6.45, 7) is 3.73. The van der Waals surface area contributed by atoms with Gasteiger partial charge in [-0.05, 0) is 32.1 Å². The van der Waals surface area contributed by atoms with E-state index in [-0.39, 0.29) is 0 Å². The summed E-state index contributed by atoms with van der Waals surface area (Å²) in [6.07, 6.45) is 8.58. The molecule has 3 nitrogen and oxygen atoms in total. The molecule has 0 aromatic rings. The average Bonchev–Trinajstić information content (AvgIpc) is 3.12. The Morgan fingerprint density at radius 3 is 2.75 bits per heavy atom. The number of carbonyl (C=O) groups excluding carboxylic acids is 1. The number of hydrogen-bond donors (Lipinski definition) is 1.